The third kappa shape index (κ3) is 2.29. The fourth-order valence-electron chi connectivity index (χ4n) is 0.716. The summed E-state index contributed by atoms with van der Waals surface area (Å²) in [6.45, 7) is -0.0791. The molecule has 0 aliphatic rings. The topological polar surface area (TPSA) is 33.1 Å². The van der Waals surface area contributed by atoms with E-state index in [-0.39, 0.29) is 11.8 Å². The van der Waals surface area contributed by atoms with Gasteiger partial charge in [-0.1, -0.05) is 23.8 Å². The molecule has 0 unspecified atom stereocenters. The van der Waals surface area contributed by atoms with Gasteiger partial charge in [-0.3, -0.25) is 0 Å². The van der Waals surface area contributed by atoms with Crippen molar-refractivity contribution in [1.29, 1.82) is 0 Å². The zero-order valence-corrected chi connectivity index (χ0v) is 6.92. The summed E-state index contributed by atoms with van der Waals surface area (Å²) in [4.78, 5) is 3.59. The monoisotopic (exact) mass is 187 g/mol. The van der Waals surface area contributed by atoms with E-state index >= 15 is 0 Å². The number of hydrogen-bond donors (Lipinski definition) is 1. The highest BCUT2D eigenvalue weighted by molar-refractivity contribution is 6.29. The van der Waals surface area contributed by atoms with Gasteiger partial charge < -0.3 is 5.11 Å². The molecule has 0 saturated heterocycles. The molecular weight excluding hydrogens is 181 g/mol. The van der Waals surface area contributed by atoms with Gasteiger partial charge in [0.15, 0.2) is 11.0 Å². The molecule has 0 aliphatic carbocycles. The van der Waals surface area contributed by atoms with Crippen LogP contribution in [0.3, 0.4) is 0 Å². The van der Waals surface area contributed by atoms with Crippen LogP contribution in [0.15, 0.2) is 18.3 Å². The zero-order chi connectivity index (χ0) is 8.97. The third-order valence-corrected chi connectivity index (χ3v) is 1.51. The largest absolute Gasteiger partial charge is 0.392 e. The molecular formula is C8H7ClFNO. The van der Waals surface area contributed by atoms with Gasteiger partial charge in [-0.25, -0.2) is 9.37 Å². The lowest BCUT2D eigenvalue weighted by atomic mass is 10.2. The van der Waals surface area contributed by atoms with Crippen LogP contribution in [0.4, 0.5) is 4.39 Å². The Kier molecular flexibility index (Phi) is 3.19. The number of nitrogens with zero attached hydrogens (tertiary/aromatic N) is 1. The lowest BCUT2D eigenvalue weighted by Crippen LogP contribution is -1.84. The molecule has 1 heterocycles. The second-order valence-corrected chi connectivity index (χ2v) is 2.48. The van der Waals surface area contributed by atoms with Crippen LogP contribution < -0.4 is 0 Å². The van der Waals surface area contributed by atoms with E-state index in [0.717, 1.165) is 0 Å². The highest BCUT2D eigenvalue weighted by atomic mass is 35.5. The first-order valence-corrected chi connectivity index (χ1v) is 3.70. The molecule has 1 rings (SSSR count). The Hall–Kier alpha value is -0.930. The standard InChI is InChI=1S/C8H7ClFNO/c9-8-7(10)4-6(5-11-8)2-1-3-12/h1-2,4-5,12H,3H2. The van der Waals surface area contributed by atoms with Crippen molar-refractivity contribution in [1.82, 2.24) is 4.98 Å². The van der Waals surface area contributed by atoms with Gasteiger partial charge in [-0.2, -0.15) is 0 Å². The van der Waals surface area contributed by atoms with E-state index in [9.17, 15) is 4.39 Å². The van der Waals surface area contributed by atoms with Crippen molar-refractivity contribution in [3.63, 3.8) is 0 Å². The number of hydrogen-bond acceptors (Lipinski definition) is 2. The second kappa shape index (κ2) is 4.18. The second-order valence-electron chi connectivity index (χ2n) is 2.13. The van der Waals surface area contributed by atoms with E-state index < -0.39 is 5.82 Å². The molecule has 12 heavy (non-hydrogen) atoms. The van der Waals surface area contributed by atoms with E-state index in [1.807, 2.05) is 0 Å². The first-order chi connectivity index (χ1) is 5.74. The van der Waals surface area contributed by atoms with Crippen LogP contribution in [-0.2, 0) is 0 Å². The lowest BCUT2D eigenvalue weighted by molar-refractivity contribution is 0.343. The van der Waals surface area contributed by atoms with Crippen LogP contribution >= 0.6 is 11.6 Å². The Bertz CT molecular complexity index is 301. The Labute approximate surface area is 74.3 Å². The number of halogens is 2. The van der Waals surface area contributed by atoms with Crippen LogP contribution in [0.5, 0.6) is 0 Å². The summed E-state index contributed by atoms with van der Waals surface area (Å²) in [6.07, 6.45) is 4.48. The highest BCUT2D eigenvalue weighted by Crippen LogP contribution is 2.12. The van der Waals surface area contributed by atoms with Gasteiger partial charge in [0.05, 0.1) is 6.61 Å². The van der Waals surface area contributed by atoms with E-state index in [4.69, 9.17) is 16.7 Å². The average molecular weight is 188 g/mol. The Morgan fingerprint density at radius 3 is 3.00 bits per heavy atom. The van der Waals surface area contributed by atoms with Gasteiger partial charge in [0.2, 0.25) is 0 Å². The molecule has 0 amide bonds. The van der Waals surface area contributed by atoms with E-state index in [1.165, 1.54) is 18.3 Å². The fraction of sp³-hybridized carbons (Fsp3) is 0.125. The quantitative estimate of drug-likeness (QED) is 0.718. The minimum Gasteiger partial charge on any atom is -0.392 e. The van der Waals surface area contributed by atoms with Crippen LogP contribution in [-0.4, -0.2) is 16.7 Å². The van der Waals surface area contributed by atoms with Crippen molar-refractivity contribution in [2.24, 2.45) is 0 Å². The van der Waals surface area contributed by atoms with Gasteiger partial charge in [-0.05, 0) is 11.6 Å². The van der Waals surface area contributed by atoms with Crippen molar-refractivity contribution in [2.45, 2.75) is 0 Å². The number of aliphatic hydroxyl groups excluding tert-OH is 1. The maximum absolute atomic E-state index is 12.7. The Balaban J connectivity index is 2.89. The molecule has 0 aromatic carbocycles. The summed E-state index contributed by atoms with van der Waals surface area (Å²) < 4.78 is 12.7. The van der Waals surface area contributed by atoms with Gasteiger partial charge >= 0.3 is 0 Å². The molecule has 0 saturated carbocycles. The average Bonchev–Trinajstić information content (AvgIpc) is 2.07. The Morgan fingerprint density at radius 2 is 2.42 bits per heavy atom. The highest BCUT2D eigenvalue weighted by Gasteiger charge is 1.99. The van der Waals surface area contributed by atoms with Gasteiger partial charge in [0.25, 0.3) is 0 Å². The summed E-state index contributed by atoms with van der Waals surface area (Å²) in [7, 11) is 0. The maximum Gasteiger partial charge on any atom is 0.164 e. The molecule has 0 spiro atoms. The van der Waals surface area contributed by atoms with E-state index in [1.54, 1.807) is 6.08 Å². The van der Waals surface area contributed by atoms with Crippen molar-refractivity contribution >= 4 is 17.7 Å². The summed E-state index contributed by atoms with van der Waals surface area (Å²) in [5, 5.41) is 8.28. The summed E-state index contributed by atoms with van der Waals surface area (Å²) in [5.41, 5.74) is 0.575. The summed E-state index contributed by atoms with van der Waals surface area (Å²) >= 11 is 5.36. The van der Waals surface area contributed by atoms with Crippen molar-refractivity contribution in [2.75, 3.05) is 6.61 Å². The summed E-state index contributed by atoms with van der Waals surface area (Å²) in [5.74, 6) is -0.559. The number of pyridine rings is 1. The van der Waals surface area contributed by atoms with Gasteiger partial charge in [0.1, 0.15) is 0 Å². The van der Waals surface area contributed by atoms with E-state index in [2.05, 4.69) is 4.98 Å². The molecule has 1 aromatic heterocycles. The first-order valence-electron chi connectivity index (χ1n) is 3.32. The van der Waals surface area contributed by atoms with Crippen molar-refractivity contribution in [3.05, 3.63) is 34.9 Å². The zero-order valence-electron chi connectivity index (χ0n) is 6.17. The van der Waals surface area contributed by atoms with Gasteiger partial charge in [0, 0.05) is 6.20 Å². The normalized spacial score (nSPS) is 10.9. The van der Waals surface area contributed by atoms with Crippen LogP contribution in [0, 0.1) is 5.82 Å². The molecule has 64 valence electrons. The van der Waals surface area contributed by atoms with Crippen molar-refractivity contribution in [3.8, 4) is 0 Å². The Morgan fingerprint density at radius 1 is 1.67 bits per heavy atom. The smallest absolute Gasteiger partial charge is 0.164 e. The SMILES string of the molecule is OCC=Cc1cnc(Cl)c(F)c1. The predicted molar refractivity (Wildman–Crippen MR) is 45.3 cm³/mol. The molecule has 0 radical (unpaired) electrons. The molecule has 1 N–H and O–H groups in total. The minimum atomic E-state index is -0.559. The summed E-state index contributed by atoms with van der Waals surface area (Å²) in [6, 6.07) is 1.25. The minimum absolute atomic E-state index is 0.0791. The van der Waals surface area contributed by atoms with Gasteiger partial charge in [-0.15, -0.1) is 0 Å². The third-order valence-electron chi connectivity index (χ3n) is 1.23. The molecule has 0 aliphatic heterocycles. The number of aromatic nitrogens is 1. The molecule has 0 atom stereocenters. The molecule has 0 fully saturated rings. The van der Waals surface area contributed by atoms with Crippen LogP contribution in [0.25, 0.3) is 6.08 Å². The first kappa shape index (κ1) is 9.16. The molecule has 4 heteroatoms. The molecule has 0 bridgehead atoms. The van der Waals surface area contributed by atoms with Crippen LogP contribution in [0.1, 0.15) is 5.56 Å². The molecule has 2 nitrogen and oxygen atoms in total. The number of aliphatic hydroxyl groups is 1. The molecule has 1 aromatic rings. The lowest BCUT2D eigenvalue weighted by Gasteiger charge is -1.94. The van der Waals surface area contributed by atoms with E-state index in [0.29, 0.717) is 5.56 Å². The number of rotatable bonds is 2. The maximum atomic E-state index is 12.7. The van der Waals surface area contributed by atoms with Crippen molar-refractivity contribution < 1.29 is 9.50 Å². The fourth-order valence-corrected chi connectivity index (χ4v) is 0.819. The predicted octanol–water partition coefficient (Wildman–Crippen LogP) is 1.88. The van der Waals surface area contributed by atoms with Crippen LogP contribution in [0.2, 0.25) is 5.15 Å².